The Morgan fingerprint density at radius 3 is 2.08 bits per heavy atom. The van der Waals surface area contributed by atoms with Gasteiger partial charge in [0.2, 0.25) is 0 Å². The monoisotopic (exact) mass is 218 g/mol. The van der Waals surface area contributed by atoms with Crippen LogP contribution in [0.2, 0.25) is 0 Å². The molecule has 0 aliphatic heterocycles. The first-order chi connectivity index (χ1) is 4.68. The Morgan fingerprint density at radius 1 is 1.31 bits per heavy atom. The van der Waals surface area contributed by atoms with E-state index in [1.807, 2.05) is 0 Å². The molecule has 0 fully saturated rings. The van der Waals surface area contributed by atoms with Gasteiger partial charge in [-0.05, 0) is 19.4 Å². The second-order valence-corrected chi connectivity index (χ2v) is 2.23. The van der Waals surface area contributed by atoms with E-state index in [0.717, 1.165) is 12.8 Å². The number of carboxylic acid groups (broad SMARTS) is 1. The summed E-state index contributed by atoms with van der Waals surface area (Å²) in [6, 6.07) is -0.716. The van der Waals surface area contributed by atoms with E-state index < -0.39 is 12.0 Å². The fraction of sp³-hybridized carbons (Fsp3) is 0.833. The second-order valence-electron chi connectivity index (χ2n) is 2.23. The largest absolute Gasteiger partial charge is 0.480 e. The number of halogens is 1. The van der Waals surface area contributed by atoms with Gasteiger partial charge < -0.3 is 27.5 Å². The summed E-state index contributed by atoms with van der Waals surface area (Å²) >= 11 is 0. The van der Waals surface area contributed by atoms with Crippen LogP contribution in [0.1, 0.15) is 19.3 Å². The van der Waals surface area contributed by atoms with Crippen LogP contribution in [0, 0.1) is 0 Å². The summed E-state index contributed by atoms with van der Waals surface area (Å²) < 4.78 is 0. The molecule has 0 heterocycles. The second kappa shape index (κ2) is 14.1. The molecule has 0 rings (SSSR count). The van der Waals surface area contributed by atoms with Crippen LogP contribution in [0.25, 0.3) is 0 Å². The summed E-state index contributed by atoms with van der Waals surface area (Å²) in [5, 5.41) is 8.33. The van der Waals surface area contributed by atoms with E-state index in [9.17, 15) is 4.79 Å². The van der Waals surface area contributed by atoms with Gasteiger partial charge in [0.25, 0.3) is 0 Å². The lowest BCUT2D eigenvalue weighted by atomic mass is 10.1. The van der Waals surface area contributed by atoms with Gasteiger partial charge in [-0.1, -0.05) is 6.42 Å². The van der Waals surface area contributed by atoms with E-state index in [1.54, 1.807) is 0 Å². The number of carbonyl (C=O) groups is 1. The number of carboxylic acids is 1. The summed E-state index contributed by atoms with van der Waals surface area (Å²) in [6.45, 7) is 0.604. The molecule has 0 aliphatic rings. The molecule has 1 unspecified atom stereocenters. The van der Waals surface area contributed by atoms with Gasteiger partial charge >= 0.3 is 5.97 Å². The molecule has 84 valence electrons. The Morgan fingerprint density at radius 2 is 1.77 bits per heavy atom. The highest BCUT2D eigenvalue weighted by Gasteiger charge is 2.09. The topological polar surface area (TPSA) is 152 Å². The van der Waals surface area contributed by atoms with Crippen LogP contribution < -0.4 is 11.5 Å². The number of nitrogens with two attached hydrogens (primary N) is 2. The van der Waals surface area contributed by atoms with Gasteiger partial charge in [-0.3, -0.25) is 4.79 Å². The summed E-state index contributed by atoms with van der Waals surface area (Å²) in [5.74, 6) is -0.933. The number of hydrogen-bond acceptors (Lipinski definition) is 3. The molecule has 13 heavy (non-hydrogen) atoms. The summed E-state index contributed by atoms with van der Waals surface area (Å²) in [7, 11) is 0. The Labute approximate surface area is 83.3 Å². The number of aliphatic carboxylic acids is 1. The lowest BCUT2D eigenvalue weighted by Crippen LogP contribution is -2.29. The van der Waals surface area contributed by atoms with E-state index in [4.69, 9.17) is 16.6 Å². The summed E-state index contributed by atoms with van der Waals surface area (Å²) in [5.41, 5.74) is 10.4. The maximum absolute atomic E-state index is 10.1. The molecule has 0 bridgehead atoms. The molecule has 0 aromatic heterocycles. The van der Waals surface area contributed by atoms with Crippen molar-refractivity contribution in [2.45, 2.75) is 25.3 Å². The van der Waals surface area contributed by atoms with Crippen molar-refractivity contribution in [1.29, 1.82) is 0 Å². The molecule has 0 radical (unpaired) electrons. The smallest absolute Gasteiger partial charge is 0.320 e. The molecule has 6 nitrogen and oxygen atoms in total. The van der Waals surface area contributed by atoms with Crippen molar-refractivity contribution >= 4 is 18.4 Å². The molecule has 0 spiro atoms. The van der Waals surface area contributed by atoms with E-state index in [2.05, 4.69) is 0 Å². The minimum atomic E-state index is -0.933. The first kappa shape index (κ1) is 22.9. The Bertz CT molecular complexity index is 115. The maximum Gasteiger partial charge on any atom is 0.320 e. The molecular weight excluding hydrogens is 200 g/mol. The van der Waals surface area contributed by atoms with Crippen LogP contribution in [0.15, 0.2) is 0 Å². The zero-order chi connectivity index (χ0) is 7.98. The lowest BCUT2D eigenvalue weighted by molar-refractivity contribution is -0.138. The molecular formula is C6H19ClN2O4. The van der Waals surface area contributed by atoms with E-state index >= 15 is 0 Å². The molecule has 0 aliphatic carbocycles. The quantitative estimate of drug-likeness (QED) is 0.471. The number of hydrogen-bond donors (Lipinski definition) is 3. The van der Waals surface area contributed by atoms with Crippen LogP contribution in [0.3, 0.4) is 0 Å². The Kier molecular flexibility index (Phi) is 24.9. The Balaban J connectivity index is -0.000000135. The van der Waals surface area contributed by atoms with Crippen molar-refractivity contribution in [2.24, 2.45) is 11.5 Å². The van der Waals surface area contributed by atoms with Gasteiger partial charge in [-0.2, -0.15) is 0 Å². The third-order valence-electron chi connectivity index (χ3n) is 1.29. The molecule has 7 heteroatoms. The van der Waals surface area contributed by atoms with Crippen molar-refractivity contribution in [1.82, 2.24) is 0 Å². The minimum Gasteiger partial charge on any atom is -0.480 e. The third-order valence-corrected chi connectivity index (χ3v) is 1.29. The van der Waals surface area contributed by atoms with E-state index in [0.29, 0.717) is 13.0 Å². The van der Waals surface area contributed by atoms with Gasteiger partial charge in [0, 0.05) is 0 Å². The predicted octanol–water partition coefficient (Wildman–Crippen LogP) is -1.70. The SMILES string of the molecule is Cl.NCCCCC(N)C(=O)O.O.O. The van der Waals surface area contributed by atoms with Crippen LogP contribution >= 0.6 is 12.4 Å². The van der Waals surface area contributed by atoms with E-state index in [1.165, 1.54) is 0 Å². The minimum absolute atomic E-state index is 0. The van der Waals surface area contributed by atoms with Gasteiger partial charge in [-0.25, -0.2) is 0 Å². The van der Waals surface area contributed by atoms with Gasteiger partial charge in [-0.15, -0.1) is 12.4 Å². The summed E-state index contributed by atoms with van der Waals surface area (Å²) in [6.07, 6.45) is 2.16. The van der Waals surface area contributed by atoms with Crippen molar-refractivity contribution in [3.63, 3.8) is 0 Å². The van der Waals surface area contributed by atoms with E-state index in [-0.39, 0.29) is 23.4 Å². The normalized spacial score (nSPS) is 10.0. The van der Waals surface area contributed by atoms with Crippen molar-refractivity contribution in [3.05, 3.63) is 0 Å². The molecule has 0 aromatic carbocycles. The molecule has 0 saturated heterocycles. The first-order valence-electron chi connectivity index (χ1n) is 3.37. The van der Waals surface area contributed by atoms with Crippen LogP contribution in [-0.2, 0) is 4.79 Å². The highest BCUT2D eigenvalue weighted by atomic mass is 35.5. The van der Waals surface area contributed by atoms with Gasteiger partial charge in [0.1, 0.15) is 6.04 Å². The van der Waals surface area contributed by atoms with Crippen molar-refractivity contribution in [3.8, 4) is 0 Å². The van der Waals surface area contributed by atoms with Gasteiger partial charge in [0.05, 0.1) is 0 Å². The average molecular weight is 219 g/mol. The fourth-order valence-electron chi connectivity index (χ4n) is 0.632. The number of rotatable bonds is 5. The lowest BCUT2D eigenvalue weighted by Gasteiger charge is -2.03. The fourth-order valence-corrected chi connectivity index (χ4v) is 0.632. The zero-order valence-electron chi connectivity index (χ0n) is 7.32. The van der Waals surface area contributed by atoms with Crippen LogP contribution in [0.4, 0.5) is 0 Å². The molecule has 1 atom stereocenters. The molecule has 9 N–H and O–H groups in total. The molecule has 0 amide bonds. The standard InChI is InChI=1S/C6H14N2O2.ClH.2H2O/c7-4-2-1-3-5(8)6(9)10;;;/h5H,1-4,7-8H2,(H,9,10);1H;2*1H2. The number of unbranched alkanes of at least 4 members (excludes halogenated alkanes) is 1. The Hall–Kier alpha value is -0.400. The highest BCUT2D eigenvalue weighted by molar-refractivity contribution is 5.85. The first-order valence-corrected chi connectivity index (χ1v) is 3.37. The third kappa shape index (κ3) is 14.5. The molecule has 0 saturated carbocycles. The van der Waals surface area contributed by atoms with Crippen molar-refractivity contribution in [2.75, 3.05) is 6.54 Å². The predicted molar refractivity (Wildman–Crippen MR) is 53.0 cm³/mol. The maximum atomic E-state index is 10.1. The van der Waals surface area contributed by atoms with Crippen molar-refractivity contribution < 1.29 is 20.9 Å². The summed E-state index contributed by atoms with van der Waals surface area (Å²) in [4.78, 5) is 10.1. The highest BCUT2D eigenvalue weighted by Crippen LogP contribution is 1.96. The van der Waals surface area contributed by atoms with Gasteiger partial charge in [0.15, 0.2) is 0 Å². The zero-order valence-corrected chi connectivity index (χ0v) is 8.14. The molecule has 0 aromatic rings. The van der Waals surface area contributed by atoms with Crippen LogP contribution in [-0.4, -0.2) is 34.6 Å². The average Bonchev–Trinajstić information content (AvgIpc) is 1.88. The van der Waals surface area contributed by atoms with Crippen LogP contribution in [0.5, 0.6) is 0 Å².